The molecule has 1 rings (SSSR count). The number of methoxy groups -OCH3 is 2. The van der Waals surface area contributed by atoms with Crippen molar-refractivity contribution in [1.29, 1.82) is 0 Å². The summed E-state index contributed by atoms with van der Waals surface area (Å²) in [6.45, 7) is 0.171. The van der Waals surface area contributed by atoms with Crippen LogP contribution in [0.25, 0.3) is 0 Å². The summed E-state index contributed by atoms with van der Waals surface area (Å²) in [7, 11) is 2.61. The Morgan fingerprint density at radius 1 is 1.19 bits per heavy atom. The fourth-order valence-corrected chi connectivity index (χ4v) is 1.35. The standard InChI is InChI=1S/C15H17NO5/c1-19-14(17)8-5-9-21-13-7-4-3-6-12(13)10-16-11-15(18)20-2/h3-8,10H,9,11H2,1-2H3/b8-5+,16-10?. The van der Waals surface area contributed by atoms with Crippen LogP contribution in [0.15, 0.2) is 41.4 Å². The molecule has 0 atom stereocenters. The first-order valence-corrected chi connectivity index (χ1v) is 6.20. The number of nitrogens with zero attached hydrogens (tertiary/aromatic N) is 1. The number of aliphatic imine (C=N–C) groups is 1. The van der Waals surface area contributed by atoms with Crippen molar-refractivity contribution in [2.75, 3.05) is 27.4 Å². The second kappa shape index (κ2) is 9.30. The highest BCUT2D eigenvalue weighted by atomic mass is 16.5. The summed E-state index contributed by atoms with van der Waals surface area (Å²) >= 11 is 0. The molecule has 0 saturated heterocycles. The van der Waals surface area contributed by atoms with E-state index in [0.29, 0.717) is 5.75 Å². The summed E-state index contributed by atoms with van der Waals surface area (Å²) in [6.07, 6.45) is 4.37. The van der Waals surface area contributed by atoms with E-state index >= 15 is 0 Å². The molecule has 1 aromatic carbocycles. The summed E-state index contributed by atoms with van der Waals surface area (Å²) < 4.78 is 14.5. The molecule has 0 radical (unpaired) electrons. The van der Waals surface area contributed by atoms with Crippen molar-refractivity contribution < 1.29 is 23.8 Å². The Labute approximate surface area is 123 Å². The lowest BCUT2D eigenvalue weighted by Gasteiger charge is -2.06. The topological polar surface area (TPSA) is 74.2 Å². The van der Waals surface area contributed by atoms with Gasteiger partial charge in [0.25, 0.3) is 0 Å². The number of carbonyl (C=O) groups is 2. The van der Waals surface area contributed by atoms with Gasteiger partial charge < -0.3 is 14.2 Å². The third kappa shape index (κ3) is 6.38. The van der Waals surface area contributed by atoms with E-state index in [9.17, 15) is 9.59 Å². The fraction of sp³-hybridized carbons (Fsp3) is 0.267. The van der Waals surface area contributed by atoms with Crippen molar-refractivity contribution in [3.63, 3.8) is 0 Å². The number of benzene rings is 1. The quantitative estimate of drug-likeness (QED) is 0.431. The highest BCUT2D eigenvalue weighted by molar-refractivity contribution is 5.85. The fourth-order valence-electron chi connectivity index (χ4n) is 1.35. The van der Waals surface area contributed by atoms with Gasteiger partial charge in [-0.1, -0.05) is 12.1 Å². The Hall–Kier alpha value is -2.63. The van der Waals surface area contributed by atoms with Gasteiger partial charge in [0.2, 0.25) is 0 Å². The molecular weight excluding hydrogens is 274 g/mol. The van der Waals surface area contributed by atoms with E-state index in [-0.39, 0.29) is 13.2 Å². The SMILES string of the molecule is COC(=O)/C=C/COc1ccccc1C=NCC(=O)OC. The highest BCUT2D eigenvalue weighted by Gasteiger charge is 2.01. The van der Waals surface area contributed by atoms with Crippen LogP contribution in [0, 0.1) is 0 Å². The normalized spacial score (nSPS) is 10.8. The lowest BCUT2D eigenvalue weighted by Crippen LogP contribution is -2.04. The molecule has 0 heterocycles. The van der Waals surface area contributed by atoms with Gasteiger partial charge in [-0.3, -0.25) is 9.79 Å². The van der Waals surface area contributed by atoms with Crippen molar-refractivity contribution >= 4 is 18.2 Å². The maximum absolute atomic E-state index is 11.0. The predicted octanol–water partition coefficient (Wildman–Crippen LogP) is 1.39. The largest absolute Gasteiger partial charge is 0.489 e. The summed E-state index contributed by atoms with van der Waals surface area (Å²) in [5.74, 6) is -0.252. The molecule has 0 fully saturated rings. The molecule has 6 heteroatoms. The predicted molar refractivity (Wildman–Crippen MR) is 77.6 cm³/mol. The van der Waals surface area contributed by atoms with E-state index in [1.165, 1.54) is 26.5 Å². The second-order valence-electron chi connectivity index (χ2n) is 3.82. The van der Waals surface area contributed by atoms with Crippen LogP contribution in [0.1, 0.15) is 5.56 Å². The first-order valence-electron chi connectivity index (χ1n) is 6.20. The van der Waals surface area contributed by atoms with Crippen LogP contribution >= 0.6 is 0 Å². The third-order valence-electron chi connectivity index (χ3n) is 2.39. The maximum atomic E-state index is 11.0. The van der Waals surface area contributed by atoms with Crippen molar-refractivity contribution in [2.24, 2.45) is 4.99 Å². The monoisotopic (exact) mass is 291 g/mol. The van der Waals surface area contributed by atoms with Gasteiger partial charge in [-0.05, 0) is 18.2 Å². The molecule has 0 saturated carbocycles. The minimum Gasteiger partial charge on any atom is -0.489 e. The van der Waals surface area contributed by atoms with Crippen LogP contribution in [0.4, 0.5) is 0 Å². The van der Waals surface area contributed by atoms with Gasteiger partial charge in [0, 0.05) is 17.9 Å². The molecule has 6 nitrogen and oxygen atoms in total. The molecule has 0 aromatic heterocycles. The smallest absolute Gasteiger partial charge is 0.330 e. The van der Waals surface area contributed by atoms with E-state index in [1.54, 1.807) is 18.2 Å². The summed E-state index contributed by atoms with van der Waals surface area (Å²) in [5.41, 5.74) is 0.730. The average molecular weight is 291 g/mol. The molecule has 0 bridgehead atoms. The van der Waals surface area contributed by atoms with Crippen LogP contribution in [0.3, 0.4) is 0 Å². The van der Waals surface area contributed by atoms with Crippen molar-refractivity contribution in [3.05, 3.63) is 42.0 Å². The Morgan fingerprint density at radius 3 is 2.67 bits per heavy atom. The van der Waals surface area contributed by atoms with E-state index in [1.807, 2.05) is 12.1 Å². The van der Waals surface area contributed by atoms with Crippen molar-refractivity contribution in [1.82, 2.24) is 0 Å². The van der Waals surface area contributed by atoms with E-state index < -0.39 is 11.9 Å². The molecule has 0 amide bonds. The number of para-hydroxylation sites is 1. The highest BCUT2D eigenvalue weighted by Crippen LogP contribution is 2.15. The van der Waals surface area contributed by atoms with Gasteiger partial charge in [-0.2, -0.15) is 0 Å². The second-order valence-corrected chi connectivity index (χ2v) is 3.82. The molecule has 21 heavy (non-hydrogen) atoms. The maximum Gasteiger partial charge on any atom is 0.330 e. The first kappa shape index (κ1) is 16.4. The van der Waals surface area contributed by atoms with Crippen LogP contribution in [-0.2, 0) is 19.1 Å². The Kier molecular flexibility index (Phi) is 7.28. The minimum atomic E-state index is -0.438. The summed E-state index contributed by atoms with van der Waals surface area (Å²) in [5, 5.41) is 0. The molecule has 0 spiro atoms. The van der Waals surface area contributed by atoms with Crippen LogP contribution in [0.2, 0.25) is 0 Å². The van der Waals surface area contributed by atoms with Gasteiger partial charge >= 0.3 is 11.9 Å². The average Bonchev–Trinajstić information content (AvgIpc) is 2.52. The zero-order valence-corrected chi connectivity index (χ0v) is 11.9. The number of rotatable bonds is 7. The van der Waals surface area contributed by atoms with Crippen LogP contribution in [0.5, 0.6) is 5.75 Å². The first-order chi connectivity index (χ1) is 10.2. The van der Waals surface area contributed by atoms with Crippen molar-refractivity contribution in [2.45, 2.75) is 0 Å². The molecule has 112 valence electrons. The molecule has 0 unspecified atom stereocenters. The number of ether oxygens (including phenoxy) is 3. The lowest BCUT2D eigenvalue weighted by atomic mass is 10.2. The van der Waals surface area contributed by atoms with E-state index in [2.05, 4.69) is 14.5 Å². The number of hydrogen-bond donors (Lipinski definition) is 0. The zero-order valence-electron chi connectivity index (χ0n) is 11.9. The summed E-state index contributed by atoms with van der Waals surface area (Å²) in [6, 6.07) is 7.22. The van der Waals surface area contributed by atoms with Crippen molar-refractivity contribution in [3.8, 4) is 5.75 Å². The van der Waals surface area contributed by atoms with Gasteiger partial charge in [0.05, 0.1) is 14.2 Å². The molecule has 0 aliphatic rings. The number of carbonyl (C=O) groups excluding carboxylic acids is 2. The van der Waals surface area contributed by atoms with E-state index in [0.717, 1.165) is 5.56 Å². The number of esters is 2. The molecule has 1 aromatic rings. The zero-order chi connectivity index (χ0) is 15.5. The van der Waals surface area contributed by atoms with Gasteiger partial charge in [0.1, 0.15) is 18.9 Å². The third-order valence-corrected chi connectivity index (χ3v) is 2.39. The molecule has 0 aliphatic carbocycles. The van der Waals surface area contributed by atoms with Crippen LogP contribution in [-0.4, -0.2) is 45.5 Å². The minimum absolute atomic E-state index is 0.0485. The Bertz CT molecular complexity index is 537. The Balaban J connectivity index is 2.60. The van der Waals surface area contributed by atoms with Gasteiger partial charge in [-0.25, -0.2) is 4.79 Å². The lowest BCUT2D eigenvalue weighted by molar-refractivity contribution is -0.139. The summed E-state index contributed by atoms with van der Waals surface area (Å²) in [4.78, 5) is 25.8. The van der Waals surface area contributed by atoms with Gasteiger partial charge in [0.15, 0.2) is 0 Å². The number of hydrogen-bond acceptors (Lipinski definition) is 6. The molecule has 0 aliphatic heterocycles. The van der Waals surface area contributed by atoms with Crippen LogP contribution < -0.4 is 4.74 Å². The Morgan fingerprint density at radius 2 is 1.95 bits per heavy atom. The molecular formula is C15H17NO5. The van der Waals surface area contributed by atoms with E-state index in [4.69, 9.17) is 4.74 Å². The molecule has 0 N–H and O–H groups in total. The van der Waals surface area contributed by atoms with Gasteiger partial charge in [-0.15, -0.1) is 0 Å².